The van der Waals surface area contributed by atoms with Crippen molar-refractivity contribution < 1.29 is 5.11 Å². The van der Waals surface area contributed by atoms with Crippen LogP contribution >= 0.6 is 23.2 Å². The quantitative estimate of drug-likeness (QED) is 0.165. The fourth-order valence-corrected chi connectivity index (χ4v) is 5.25. The fraction of sp³-hybridized carbons (Fsp3) is 0.533. The predicted octanol–water partition coefficient (Wildman–Crippen LogP) is 9.58. The lowest BCUT2D eigenvalue weighted by Crippen LogP contribution is -2.31. The first kappa shape index (κ1) is 27.3. The Morgan fingerprint density at radius 2 is 1.32 bits per heavy atom. The van der Waals surface area contributed by atoms with Crippen LogP contribution in [0.5, 0.6) is 0 Å². The minimum absolute atomic E-state index is 0.518. The van der Waals surface area contributed by atoms with Gasteiger partial charge in [0.1, 0.15) is 0 Å². The molecule has 0 heterocycles. The lowest BCUT2D eigenvalue weighted by atomic mass is 9.95. The monoisotopic (exact) mass is 501 g/mol. The van der Waals surface area contributed by atoms with Crippen LogP contribution in [0.25, 0.3) is 21.5 Å². The van der Waals surface area contributed by atoms with Crippen LogP contribution in [0.4, 0.5) is 0 Å². The van der Waals surface area contributed by atoms with Gasteiger partial charge in [0.05, 0.1) is 16.1 Å². The maximum atomic E-state index is 11.4. The van der Waals surface area contributed by atoms with E-state index in [1.165, 1.54) is 64.2 Å². The molecule has 1 unspecified atom stereocenters. The number of fused-ring (bicyclic) bond motifs is 3. The summed E-state index contributed by atoms with van der Waals surface area (Å²) in [4.78, 5) is 2.49. The van der Waals surface area contributed by atoms with Crippen LogP contribution in [0.2, 0.25) is 10.0 Å². The Balaban J connectivity index is 1.75. The number of hydrogen-bond donors (Lipinski definition) is 1. The van der Waals surface area contributed by atoms with E-state index < -0.39 is 6.10 Å². The summed E-state index contributed by atoms with van der Waals surface area (Å²) >= 11 is 12.6. The molecule has 0 saturated heterocycles. The molecule has 0 bridgehead atoms. The van der Waals surface area contributed by atoms with E-state index in [1.807, 2.05) is 18.2 Å². The predicted molar refractivity (Wildman–Crippen MR) is 150 cm³/mol. The van der Waals surface area contributed by atoms with E-state index in [2.05, 4.69) is 43.0 Å². The molecule has 3 aromatic carbocycles. The first-order chi connectivity index (χ1) is 16.5. The number of unbranched alkanes of at least 4 members (excludes halogenated alkanes) is 8. The van der Waals surface area contributed by atoms with Crippen molar-refractivity contribution in [3.05, 3.63) is 58.1 Å². The molecule has 186 valence electrons. The second kappa shape index (κ2) is 14.3. The molecule has 0 radical (unpaired) electrons. The zero-order chi connectivity index (χ0) is 24.3. The molecule has 3 rings (SSSR count). The summed E-state index contributed by atoms with van der Waals surface area (Å²) in [6, 6.07) is 14.3. The van der Waals surface area contributed by atoms with E-state index in [1.54, 1.807) is 0 Å². The van der Waals surface area contributed by atoms with Gasteiger partial charge in [-0.3, -0.25) is 0 Å². The van der Waals surface area contributed by atoms with E-state index in [0.717, 1.165) is 40.2 Å². The Morgan fingerprint density at radius 3 is 1.97 bits per heavy atom. The Morgan fingerprint density at radius 1 is 0.706 bits per heavy atom. The van der Waals surface area contributed by atoms with Crippen LogP contribution in [0.15, 0.2) is 42.5 Å². The first-order valence-electron chi connectivity index (χ1n) is 13.3. The molecule has 1 atom stereocenters. The molecule has 2 nitrogen and oxygen atoms in total. The smallest absolute Gasteiger partial charge is 0.0922 e. The largest absolute Gasteiger partial charge is 0.387 e. The maximum absolute atomic E-state index is 11.4. The topological polar surface area (TPSA) is 23.5 Å². The fourth-order valence-electron chi connectivity index (χ4n) is 4.92. The van der Waals surface area contributed by atoms with Gasteiger partial charge >= 0.3 is 0 Å². The summed E-state index contributed by atoms with van der Waals surface area (Å²) in [5, 5.41) is 16.8. The van der Waals surface area contributed by atoms with Crippen molar-refractivity contribution in [2.45, 2.75) is 84.2 Å². The molecule has 4 heteroatoms. The third-order valence-electron chi connectivity index (χ3n) is 6.90. The van der Waals surface area contributed by atoms with Crippen molar-refractivity contribution >= 4 is 44.7 Å². The van der Waals surface area contributed by atoms with Gasteiger partial charge in [0.15, 0.2) is 0 Å². The van der Waals surface area contributed by atoms with Crippen LogP contribution < -0.4 is 0 Å². The number of nitrogens with zero attached hydrogens (tertiary/aromatic N) is 1. The highest BCUT2D eigenvalue weighted by molar-refractivity contribution is 6.43. The average molecular weight is 503 g/mol. The highest BCUT2D eigenvalue weighted by Gasteiger charge is 2.17. The summed E-state index contributed by atoms with van der Waals surface area (Å²) in [5.41, 5.74) is 0.993. The van der Waals surface area contributed by atoms with Crippen molar-refractivity contribution in [1.82, 2.24) is 4.90 Å². The summed E-state index contributed by atoms with van der Waals surface area (Å²) in [6.45, 7) is 7.33. The molecule has 0 aliphatic rings. The van der Waals surface area contributed by atoms with E-state index in [0.29, 0.717) is 16.6 Å². The van der Waals surface area contributed by atoms with Crippen molar-refractivity contribution in [3.8, 4) is 0 Å². The lowest BCUT2D eigenvalue weighted by Gasteiger charge is -2.26. The van der Waals surface area contributed by atoms with E-state index >= 15 is 0 Å². The zero-order valence-electron chi connectivity index (χ0n) is 21.0. The molecule has 0 spiro atoms. The van der Waals surface area contributed by atoms with Crippen molar-refractivity contribution in [3.63, 3.8) is 0 Å². The third kappa shape index (κ3) is 7.59. The molecule has 34 heavy (non-hydrogen) atoms. The molecule has 0 aromatic heterocycles. The third-order valence-corrected chi connectivity index (χ3v) is 7.62. The van der Waals surface area contributed by atoms with Gasteiger partial charge in [-0.15, -0.1) is 0 Å². The molecule has 0 aliphatic heterocycles. The highest BCUT2D eigenvalue weighted by Crippen LogP contribution is 2.35. The van der Waals surface area contributed by atoms with Crippen LogP contribution in [-0.2, 0) is 0 Å². The van der Waals surface area contributed by atoms with Gasteiger partial charge in [0.2, 0.25) is 0 Å². The Kier molecular flexibility index (Phi) is 11.5. The zero-order valence-corrected chi connectivity index (χ0v) is 22.5. The minimum Gasteiger partial charge on any atom is -0.387 e. The molecule has 0 saturated carbocycles. The van der Waals surface area contributed by atoms with E-state index in [9.17, 15) is 5.11 Å². The number of hydrogen-bond acceptors (Lipinski definition) is 2. The Labute approximate surface area is 216 Å². The first-order valence-corrected chi connectivity index (χ1v) is 14.0. The van der Waals surface area contributed by atoms with Crippen LogP contribution in [0.1, 0.15) is 89.7 Å². The number of aliphatic hydroxyl groups is 1. The molecule has 3 aromatic rings. The highest BCUT2D eigenvalue weighted by atomic mass is 35.5. The van der Waals surface area contributed by atoms with E-state index in [-0.39, 0.29) is 0 Å². The normalized spacial score (nSPS) is 12.8. The molecule has 1 N–H and O–H groups in total. The van der Waals surface area contributed by atoms with Gasteiger partial charge in [-0.25, -0.2) is 0 Å². The van der Waals surface area contributed by atoms with Crippen molar-refractivity contribution in [1.29, 1.82) is 0 Å². The molecule has 0 fully saturated rings. The SMILES string of the molecule is CCCCCCCN(CCCCCCC)CC(O)c1cccc2c1ccc1cc(Cl)c(Cl)cc12. The van der Waals surface area contributed by atoms with Gasteiger partial charge in [-0.1, -0.05) is 119 Å². The van der Waals surface area contributed by atoms with Gasteiger partial charge in [0, 0.05) is 6.54 Å². The van der Waals surface area contributed by atoms with Gasteiger partial charge in [0.25, 0.3) is 0 Å². The summed E-state index contributed by atoms with van der Waals surface area (Å²) in [5.74, 6) is 0. The van der Waals surface area contributed by atoms with Crippen LogP contribution in [0, 0.1) is 0 Å². The number of benzene rings is 3. The summed E-state index contributed by atoms with van der Waals surface area (Å²) < 4.78 is 0. The van der Waals surface area contributed by atoms with E-state index in [4.69, 9.17) is 23.2 Å². The number of aliphatic hydroxyl groups excluding tert-OH is 1. The Hall–Kier alpha value is -1.32. The molecular formula is C30H41Cl2NO. The second-order valence-corrected chi connectivity index (χ2v) is 10.5. The molecule has 0 amide bonds. The van der Waals surface area contributed by atoms with Gasteiger partial charge in [-0.05, 0) is 65.2 Å². The average Bonchev–Trinajstić information content (AvgIpc) is 2.83. The van der Waals surface area contributed by atoms with Gasteiger partial charge in [-0.2, -0.15) is 0 Å². The van der Waals surface area contributed by atoms with Crippen LogP contribution in [0.3, 0.4) is 0 Å². The Bertz CT molecular complexity index is 1020. The second-order valence-electron chi connectivity index (χ2n) is 9.64. The lowest BCUT2D eigenvalue weighted by molar-refractivity contribution is 0.111. The van der Waals surface area contributed by atoms with Crippen molar-refractivity contribution in [2.75, 3.05) is 19.6 Å². The number of halogens is 2. The molecule has 0 aliphatic carbocycles. The van der Waals surface area contributed by atoms with Crippen LogP contribution in [-0.4, -0.2) is 29.6 Å². The minimum atomic E-state index is -0.518. The standard InChI is InChI=1S/C30H41Cl2NO/c1-3-5-7-9-11-18-33(19-12-10-8-6-4-2)22-30(34)26-15-13-14-24-25(26)17-16-23-20-28(31)29(32)21-27(23)24/h13-17,20-21,30,34H,3-12,18-19,22H2,1-2H3. The molecular weight excluding hydrogens is 461 g/mol. The summed E-state index contributed by atoms with van der Waals surface area (Å²) in [6.07, 6.45) is 12.3. The maximum Gasteiger partial charge on any atom is 0.0922 e. The van der Waals surface area contributed by atoms with Gasteiger partial charge < -0.3 is 10.0 Å². The van der Waals surface area contributed by atoms with Crippen molar-refractivity contribution in [2.24, 2.45) is 0 Å². The number of rotatable bonds is 15. The summed E-state index contributed by atoms with van der Waals surface area (Å²) in [7, 11) is 0.